The second-order valence-corrected chi connectivity index (χ2v) is 6.64. The lowest BCUT2D eigenvalue weighted by Gasteiger charge is -2.23. The number of carboxylic acids is 1. The Kier molecular flexibility index (Phi) is 6.39. The maximum absolute atomic E-state index is 12.0. The number of nitrogens with one attached hydrogen (secondary N) is 1. The van der Waals surface area contributed by atoms with Crippen molar-refractivity contribution in [1.29, 1.82) is 0 Å². The number of hydrogen-bond acceptors (Lipinski definition) is 4. The van der Waals surface area contributed by atoms with Gasteiger partial charge in [-0.05, 0) is 44.2 Å². The molecule has 2 rings (SSSR count). The van der Waals surface area contributed by atoms with E-state index in [4.69, 9.17) is 9.84 Å². The number of carbonyl (C=O) groups excluding carboxylic acids is 1. The summed E-state index contributed by atoms with van der Waals surface area (Å²) in [6, 6.07) is 3.02. The van der Waals surface area contributed by atoms with Gasteiger partial charge in [0.05, 0.1) is 11.0 Å². The van der Waals surface area contributed by atoms with Gasteiger partial charge in [-0.25, -0.2) is 4.79 Å². The molecule has 1 aromatic rings. The number of carboxylic acid groups (broad SMARTS) is 1. The molecule has 0 aromatic carbocycles. The molecule has 1 saturated carbocycles. The lowest BCUT2D eigenvalue weighted by molar-refractivity contribution is 0.0163. The predicted molar refractivity (Wildman–Crippen MR) is 85.6 cm³/mol. The van der Waals surface area contributed by atoms with E-state index >= 15 is 0 Å². The first-order valence-electron chi connectivity index (χ1n) is 7.84. The van der Waals surface area contributed by atoms with Crippen LogP contribution in [0.4, 0.5) is 0 Å². The van der Waals surface area contributed by atoms with Crippen LogP contribution < -0.4 is 5.32 Å². The van der Waals surface area contributed by atoms with Crippen LogP contribution in [-0.2, 0) is 4.74 Å². The van der Waals surface area contributed by atoms with E-state index in [0.717, 1.165) is 17.8 Å². The summed E-state index contributed by atoms with van der Waals surface area (Å²) in [5.41, 5.74) is 0. The zero-order valence-electron chi connectivity index (χ0n) is 12.8. The summed E-state index contributed by atoms with van der Waals surface area (Å²) >= 11 is 1.00. The topological polar surface area (TPSA) is 75.6 Å². The van der Waals surface area contributed by atoms with Crippen molar-refractivity contribution >= 4 is 23.2 Å². The van der Waals surface area contributed by atoms with Crippen LogP contribution >= 0.6 is 11.3 Å². The SMILES string of the molecule is CCOC(CCNC(=O)c1ccc(C(=O)O)s1)C1CCCC1. The number of aromatic carboxylic acids is 1. The summed E-state index contributed by atoms with van der Waals surface area (Å²) in [5.74, 6) is -0.599. The third-order valence-corrected chi connectivity index (χ3v) is 5.13. The first-order chi connectivity index (χ1) is 10.6. The Morgan fingerprint density at radius 1 is 1.36 bits per heavy atom. The fourth-order valence-electron chi connectivity index (χ4n) is 2.99. The minimum atomic E-state index is -0.998. The van der Waals surface area contributed by atoms with Gasteiger partial charge in [0.15, 0.2) is 0 Å². The summed E-state index contributed by atoms with van der Waals surface area (Å²) in [6.07, 6.45) is 5.99. The fourth-order valence-corrected chi connectivity index (χ4v) is 3.75. The van der Waals surface area contributed by atoms with Crippen molar-refractivity contribution in [3.63, 3.8) is 0 Å². The van der Waals surface area contributed by atoms with E-state index in [1.54, 1.807) is 6.07 Å². The second kappa shape index (κ2) is 8.29. The van der Waals surface area contributed by atoms with Crippen LogP contribution in [0.25, 0.3) is 0 Å². The number of carbonyl (C=O) groups is 2. The predicted octanol–water partition coefficient (Wildman–Crippen LogP) is 3.16. The van der Waals surface area contributed by atoms with Gasteiger partial charge in [-0.2, -0.15) is 0 Å². The Hall–Kier alpha value is -1.40. The molecular formula is C16H23NO4S. The molecule has 1 aliphatic carbocycles. The molecule has 1 aromatic heterocycles. The van der Waals surface area contributed by atoms with Crippen LogP contribution in [0.1, 0.15) is 58.4 Å². The summed E-state index contributed by atoms with van der Waals surface area (Å²) in [4.78, 5) is 23.4. The van der Waals surface area contributed by atoms with Crippen LogP contribution in [-0.4, -0.2) is 36.2 Å². The molecule has 6 heteroatoms. The highest BCUT2D eigenvalue weighted by atomic mass is 32.1. The molecule has 0 bridgehead atoms. The summed E-state index contributed by atoms with van der Waals surface area (Å²) in [7, 11) is 0. The monoisotopic (exact) mass is 325 g/mol. The normalized spacial score (nSPS) is 16.6. The molecule has 0 aliphatic heterocycles. The zero-order valence-corrected chi connectivity index (χ0v) is 13.7. The summed E-state index contributed by atoms with van der Waals surface area (Å²) < 4.78 is 5.82. The lowest BCUT2D eigenvalue weighted by atomic mass is 9.98. The fraction of sp³-hybridized carbons (Fsp3) is 0.625. The van der Waals surface area contributed by atoms with Crippen molar-refractivity contribution in [3.8, 4) is 0 Å². The highest BCUT2D eigenvalue weighted by Crippen LogP contribution is 2.30. The van der Waals surface area contributed by atoms with Gasteiger partial charge in [0, 0.05) is 13.2 Å². The number of amides is 1. The quantitative estimate of drug-likeness (QED) is 0.770. The number of rotatable bonds is 8. The molecule has 5 nitrogen and oxygen atoms in total. The number of hydrogen-bond donors (Lipinski definition) is 2. The Morgan fingerprint density at radius 2 is 2.05 bits per heavy atom. The molecule has 0 spiro atoms. The smallest absolute Gasteiger partial charge is 0.345 e. The first-order valence-corrected chi connectivity index (χ1v) is 8.66. The average molecular weight is 325 g/mol. The molecule has 0 radical (unpaired) electrons. The van der Waals surface area contributed by atoms with Gasteiger partial charge in [-0.3, -0.25) is 4.79 Å². The van der Waals surface area contributed by atoms with E-state index in [0.29, 0.717) is 23.9 Å². The average Bonchev–Trinajstić information content (AvgIpc) is 3.17. The molecule has 1 aliphatic rings. The van der Waals surface area contributed by atoms with E-state index in [1.807, 2.05) is 6.92 Å². The van der Waals surface area contributed by atoms with Crippen molar-refractivity contribution in [3.05, 3.63) is 21.9 Å². The number of thiophene rings is 1. The van der Waals surface area contributed by atoms with E-state index in [1.165, 1.54) is 31.7 Å². The van der Waals surface area contributed by atoms with Gasteiger partial charge >= 0.3 is 5.97 Å². The van der Waals surface area contributed by atoms with Crippen LogP contribution in [0.5, 0.6) is 0 Å². The second-order valence-electron chi connectivity index (χ2n) is 5.55. The highest BCUT2D eigenvalue weighted by molar-refractivity contribution is 7.15. The summed E-state index contributed by atoms with van der Waals surface area (Å²) in [5, 5.41) is 11.7. The minimum Gasteiger partial charge on any atom is -0.477 e. The van der Waals surface area contributed by atoms with Crippen LogP contribution in [0, 0.1) is 5.92 Å². The van der Waals surface area contributed by atoms with Crippen molar-refractivity contribution < 1.29 is 19.4 Å². The lowest BCUT2D eigenvalue weighted by Crippen LogP contribution is -2.30. The Balaban J connectivity index is 1.80. The van der Waals surface area contributed by atoms with Gasteiger partial charge in [-0.15, -0.1) is 11.3 Å². The molecular weight excluding hydrogens is 302 g/mol. The third kappa shape index (κ3) is 4.55. The van der Waals surface area contributed by atoms with Crippen molar-refractivity contribution in [1.82, 2.24) is 5.32 Å². The minimum absolute atomic E-state index is 0.184. The maximum Gasteiger partial charge on any atom is 0.345 e. The van der Waals surface area contributed by atoms with Gasteiger partial charge in [0.25, 0.3) is 5.91 Å². The molecule has 1 unspecified atom stereocenters. The van der Waals surface area contributed by atoms with Crippen molar-refractivity contribution in [2.75, 3.05) is 13.2 Å². The largest absolute Gasteiger partial charge is 0.477 e. The Morgan fingerprint density at radius 3 is 2.64 bits per heavy atom. The molecule has 0 saturated heterocycles. The summed E-state index contributed by atoms with van der Waals surface area (Å²) in [6.45, 7) is 3.25. The Labute approximate surface area is 134 Å². The molecule has 1 fully saturated rings. The Bertz CT molecular complexity index is 508. The molecule has 122 valence electrons. The molecule has 22 heavy (non-hydrogen) atoms. The molecule has 1 amide bonds. The van der Waals surface area contributed by atoms with Crippen LogP contribution in [0.2, 0.25) is 0 Å². The standard InChI is InChI=1S/C16H23NO4S/c1-2-21-12(11-5-3-4-6-11)9-10-17-15(18)13-7-8-14(22-13)16(19)20/h7-8,11-12H,2-6,9-10H2,1H3,(H,17,18)(H,19,20). The third-order valence-electron chi connectivity index (χ3n) is 4.06. The van der Waals surface area contributed by atoms with Gasteiger partial charge < -0.3 is 15.2 Å². The van der Waals surface area contributed by atoms with Gasteiger partial charge in [0.1, 0.15) is 4.88 Å². The van der Waals surface area contributed by atoms with E-state index in [2.05, 4.69) is 5.32 Å². The first kappa shape index (κ1) is 17.0. The van der Waals surface area contributed by atoms with Crippen molar-refractivity contribution in [2.24, 2.45) is 5.92 Å². The molecule has 1 atom stereocenters. The van der Waals surface area contributed by atoms with E-state index in [9.17, 15) is 9.59 Å². The van der Waals surface area contributed by atoms with Gasteiger partial charge in [0.2, 0.25) is 0 Å². The van der Waals surface area contributed by atoms with Gasteiger partial charge in [-0.1, -0.05) is 12.8 Å². The molecule has 1 heterocycles. The van der Waals surface area contributed by atoms with Crippen molar-refractivity contribution in [2.45, 2.75) is 45.1 Å². The highest BCUT2D eigenvalue weighted by Gasteiger charge is 2.25. The maximum atomic E-state index is 12.0. The van der Waals surface area contributed by atoms with Crippen LogP contribution in [0.3, 0.4) is 0 Å². The van der Waals surface area contributed by atoms with E-state index < -0.39 is 5.97 Å². The zero-order chi connectivity index (χ0) is 15.9. The number of ether oxygens (including phenoxy) is 1. The molecule has 2 N–H and O–H groups in total. The van der Waals surface area contributed by atoms with Crippen LogP contribution in [0.15, 0.2) is 12.1 Å². The van der Waals surface area contributed by atoms with E-state index in [-0.39, 0.29) is 16.9 Å².